The number of carbonyl (C=O) groups is 1. The maximum absolute atomic E-state index is 15.1. The second-order valence-corrected chi connectivity index (χ2v) is 10.6. The molecule has 6 rings (SSSR count). The fraction of sp³-hybridized carbons (Fsp3) is 0.385. The summed E-state index contributed by atoms with van der Waals surface area (Å²) in [6.45, 7) is 9.77. The maximum atomic E-state index is 15.1. The second-order valence-electron chi connectivity index (χ2n) is 10.6. The van der Waals surface area contributed by atoms with Crippen molar-refractivity contribution in [1.29, 1.82) is 0 Å². The van der Waals surface area contributed by atoms with Gasteiger partial charge >= 0.3 is 7.12 Å². The van der Waals surface area contributed by atoms with Crippen LogP contribution in [0.15, 0.2) is 54.9 Å². The monoisotopic (exact) mass is 502 g/mol. The molecule has 2 unspecified atom stereocenters. The summed E-state index contributed by atoms with van der Waals surface area (Å²) in [7, 11) is -0.692. The van der Waals surface area contributed by atoms with Crippen LogP contribution in [0.2, 0.25) is 0 Å². The van der Waals surface area contributed by atoms with Crippen molar-refractivity contribution in [2.24, 2.45) is 0 Å². The van der Waals surface area contributed by atoms with Crippen molar-refractivity contribution in [2.45, 2.75) is 58.0 Å². The Bertz CT molecular complexity index is 1490. The average molecular weight is 502 g/mol. The number of halogens is 1. The van der Waals surface area contributed by atoms with E-state index in [2.05, 4.69) is 10.1 Å². The van der Waals surface area contributed by atoms with Crippen molar-refractivity contribution < 1.29 is 18.5 Å². The minimum Gasteiger partial charge on any atom is -0.398 e. The molecule has 1 aromatic carbocycles. The van der Waals surface area contributed by atoms with Gasteiger partial charge in [-0.3, -0.25) is 4.79 Å². The Morgan fingerprint density at radius 3 is 2.46 bits per heavy atom. The Morgan fingerprint density at radius 1 is 1.08 bits per heavy atom. The number of nitrogens with zero attached hydrogens (tertiary/aromatic N) is 6. The molecule has 0 bridgehead atoms. The number of hydrogen-bond acceptors (Lipinski definition) is 6. The van der Waals surface area contributed by atoms with Gasteiger partial charge in [0.25, 0.3) is 5.91 Å². The molecule has 4 aromatic rings. The molecule has 0 N–H and O–H groups in total. The summed E-state index contributed by atoms with van der Waals surface area (Å²) >= 11 is 0. The first-order valence-electron chi connectivity index (χ1n) is 12.4. The lowest BCUT2D eigenvalue weighted by atomic mass is 9.85. The first kappa shape index (κ1) is 23.8. The molecule has 5 heterocycles. The summed E-state index contributed by atoms with van der Waals surface area (Å²) in [4.78, 5) is 19.9. The van der Waals surface area contributed by atoms with Crippen molar-refractivity contribution in [3.05, 3.63) is 71.7 Å². The van der Waals surface area contributed by atoms with Crippen LogP contribution < -0.4 is 5.59 Å². The van der Waals surface area contributed by atoms with E-state index < -0.39 is 24.5 Å². The minimum absolute atomic E-state index is 0.0423. The zero-order valence-electron chi connectivity index (χ0n) is 21.4. The zero-order chi connectivity index (χ0) is 26.1. The number of benzene rings is 1. The zero-order valence-corrected chi connectivity index (χ0v) is 21.4. The van der Waals surface area contributed by atoms with Gasteiger partial charge in [-0.15, -0.1) is 0 Å². The Kier molecular flexibility index (Phi) is 5.29. The molecule has 9 nitrogen and oxygen atoms in total. The van der Waals surface area contributed by atoms with Crippen LogP contribution in [0.4, 0.5) is 4.39 Å². The summed E-state index contributed by atoms with van der Waals surface area (Å²) in [5.74, 6) is 0.155. The third kappa shape index (κ3) is 3.76. The number of carbonyl (C=O) groups excluding carboxylic acids is 1. The van der Waals surface area contributed by atoms with Crippen LogP contribution in [0.1, 0.15) is 68.4 Å². The lowest BCUT2D eigenvalue weighted by Crippen LogP contribution is -2.41. The highest BCUT2D eigenvalue weighted by molar-refractivity contribution is 6.61. The van der Waals surface area contributed by atoms with E-state index in [1.54, 1.807) is 45.9 Å². The summed E-state index contributed by atoms with van der Waals surface area (Å²) in [5, 5.41) is 9.05. The molecule has 0 radical (unpaired) electrons. The molecule has 2 atom stereocenters. The van der Waals surface area contributed by atoms with Gasteiger partial charge in [0, 0.05) is 24.5 Å². The first-order valence-corrected chi connectivity index (χ1v) is 12.4. The molecule has 11 heteroatoms. The van der Waals surface area contributed by atoms with Gasteiger partial charge in [-0.05, 0) is 51.8 Å². The normalized spacial score (nSPS) is 22.4. The molecule has 1 saturated heterocycles. The first-order chi connectivity index (χ1) is 17.6. The highest BCUT2D eigenvalue weighted by Gasteiger charge is 2.52. The summed E-state index contributed by atoms with van der Waals surface area (Å²) < 4.78 is 30.6. The van der Waals surface area contributed by atoms with Gasteiger partial charge in [0.1, 0.15) is 11.9 Å². The molecule has 1 fully saturated rings. The molecular formula is C26H28BFN6O3. The molecule has 2 aliphatic rings. The van der Waals surface area contributed by atoms with Crippen molar-refractivity contribution in [3.63, 3.8) is 0 Å². The fourth-order valence-electron chi connectivity index (χ4n) is 4.91. The Morgan fingerprint density at radius 2 is 1.78 bits per heavy atom. The molecular weight excluding hydrogens is 474 g/mol. The van der Waals surface area contributed by atoms with E-state index in [-0.39, 0.29) is 24.2 Å². The molecule has 190 valence electrons. The number of alkyl halides is 1. The topological polar surface area (TPSA) is 86.8 Å². The molecule has 3 aromatic heterocycles. The minimum atomic E-state index is -1.27. The lowest BCUT2D eigenvalue weighted by molar-refractivity contribution is 0.00578. The third-order valence-corrected chi connectivity index (χ3v) is 7.75. The van der Waals surface area contributed by atoms with E-state index >= 15 is 4.39 Å². The number of fused-ring (bicyclic) bond motifs is 2. The van der Waals surface area contributed by atoms with Crippen LogP contribution in [-0.2, 0) is 9.31 Å². The Hall–Kier alpha value is -3.57. The lowest BCUT2D eigenvalue weighted by Gasteiger charge is -2.36. The van der Waals surface area contributed by atoms with Crippen molar-refractivity contribution >= 4 is 24.3 Å². The van der Waals surface area contributed by atoms with Gasteiger partial charge in [0.2, 0.25) is 0 Å². The highest BCUT2D eigenvalue weighted by Crippen LogP contribution is 2.38. The standard InChI is InChI=1S/C26H28BFN6O3/c1-16-17-9-6-7-10-18(17)19(28)15-32(16)24(35)20-13-23(33-12-8-11-29-33)34-22(30-20)14-21(31-34)27-36-25(2,3)26(4,5)37-27/h6-14,16,19H,15H2,1-5H3. The van der Waals surface area contributed by atoms with Crippen LogP contribution >= 0.6 is 0 Å². The number of hydrogen-bond donors (Lipinski definition) is 0. The Balaban J connectivity index is 1.42. The van der Waals surface area contributed by atoms with Crippen LogP contribution in [0, 0.1) is 0 Å². The van der Waals surface area contributed by atoms with Gasteiger partial charge in [0.15, 0.2) is 11.5 Å². The summed E-state index contributed by atoms with van der Waals surface area (Å²) in [6.07, 6.45) is 2.14. The quantitative estimate of drug-likeness (QED) is 0.399. The van der Waals surface area contributed by atoms with E-state index in [0.29, 0.717) is 22.6 Å². The fourth-order valence-corrected chi connectivity index (χ4v) is 4.91. The summed E-state index contributed by atoms with van der Waals surface area (Å²) in [5.41, 5.74) is 1.51. The largest absolute Gasteiger partial charge is 0.516 e. The van der Waals surface area contributed by atoms with E-state index in [1.807, 2.05) is 52.8 Å². The van der Waals surface area contributed by atoms with Crippen molar-refractivity contribution in [3.8, 4) is 5.82 Å². The third-order valence-electron chi connectivity index (χ3n) is 7.75. The summed E-state index contributed by atoms with van der Waals surface area (Å²) in [6, 6.07) is 12.2. The predicted octanol–water partition coefficient (Wildman–Crippen LogP) is 3.44. The van der Waals surface area contributed by atoms with Crippen LogP contribution in [0.5, 0.6) is 0 Å². The van der Waals surface area contributed by atoms with Gasteiger partial charge < -0.3 is 14.2 Å². The van der Waals surface area contributed by atoms with Crippen LogP contribution in [0.25, 0.3) is 11.5 Å². The number of rotatable bonds is 3. The molecule has 2 aliphatic heterocycles. The second kappa shape index (κ2) is 8.22. The maximum Gasteiger partial charge on any atom is 0.516 e. The van der Waals surface area contributed by atoms with Crippen LogP contribution in [0.3, 0.4) is 0 Å². The van der Waals surface area contributed by atoms with Gasteiger partial charge in [-0.2, -0.15) is 14.7 Å². The van der Waals surface area contributed by atoms with E-state index in [1.165, 1.54) is 4.90 Å². The van der Waals surface area contributed by atoms with Crippen molar-refractivity contribution in [1.82, 2.24) is 29.3 Å². The van der Waals surface area contributed by atoms with Gasteiger partial charge in [-0.1, -0.05) is 24.3 Å². The predicted molar refractivity (Wildman–Crippen MR) is 136 cm³/mol. The molecule has 0 aliphatic carbocycles. The molecule has 37 heavy (non-hydrogen) atoms. The SMILES string of the molecule is CC1c2ccccc2C(F)CN1C(=O)c1cc(-n2cccn2)n2nc(B3OC(C)(C)C(C)(C)O3)cc2n1. The number of amides is 1. The average Bonchev–Trinajstić information content (AvgIpc) is 3.58. The van der Waals surface area contributed by atoms with E-state index in [0.717, 1.165) is 5.56 Å². The molecule has 0 spiro atoms. The van der Waals surface area contributed by atoms with Crippen molar-refractivity contribution in [2.75, 3.05) is 6.54 Å². The number of aromatic nitrogens is 5. The van der Waals surface area contributed by atoms with Gasteiger partial charge in [0.05, 0.1) is 29.4 Å². The van der Waals surface area contributed by atoms with E-state index in [4.69, 9.17) is 14.4 Å². The molecule has 1 amide bonds. The van der Waals surface area contributed by atoms with Crippen LogP contribution in [-0.4, -0.2) is 60.1 Å². The van der Waals surface area contributed by atoms with E-state index in [9.17, 15) is 4.79 Å². The van der Waals surface area contributed by atoms with Gasteiger partial charge in [-0.25, -0.2) is 14.1 Å². The smallest absolute Gasteiger partial charge is 0.398 e. The molecule has 0 saturated carbocycles. The Labute approximate surface area is 214 Å². The highest BCUT2D eigenvalue weighted by atomic mass is 19.1.